The molecular weight excluding hydrogens is 308 g/mol. The monoisotopic (exact) mass is 324 g/mol. The molecule has 116 valence electrons. The van der Waals surface area contributed by atoms with Crippen LogP contribution in [-0.2, 0) is 0 Å². The highest BCUT2D eigenvalue weighted by Gasteiger charge is 2.14. The van der Waals surface area contributed by atoms with Crippen LogP contribution in [0, 0.1) is 0 Å². The van der Waals surface area contributed by atoms with Gasteiger partial charge in [0, 0.05) is 28.4 Å². The number of halogens is 1. The Hall–Kier alpha value is -2.39. The van der Waals surface area contributed by atoms with Gasteiger partial charge in [0.15, 0.2) is 0 Å². The molecule has 2 aromatic carbocycles. The van der Waals surface area contributed by atoms with E-state index in [9.17, 15) is 4.79 Å². The van der Waals surface area contributed by atoms with E-state index in [2.05, 4.69) is 10.3 Å². The van der Waals surface area contributed by atoms with E-state index in [1.54, 1.807) is 12.4 Å². The number of hydrogen-bond donors (Lipinski definition) is 1. The summed E-state index contributed by atoms with van der Waals surface area (Å²) in [7, 11) is 0. The number of rotatable bonds is 4. The van der Waals surface area contributed by atoms with Crippen LogP contribution in [0.1, 0.15) is 35.3 Å². The van der Waals surface area contributed by atoms with Crippen molar-refractivity contribution >= 4 is 28.3 Å². The van der Waals surface area contributed by atoms with Gasteiger partial charge in [0.1, 0.15) is 0 Å². The Balaban J connectivity index is 1.82. The predicted molar refractivity (Wildman–Crippen MR) is 93.7 cm³/mol. The molecule has 4 heteroatoms. The molecular formula is C19H17ClN2O. The minimum absolute atomic E-state index is 0.0343. The molecule has 1 heterocycles. The molecule has 0 aliphatic heterocycles. The Labute approximate surface area is 140 Å². The summed E-state index contributed by atoms with van der Waals surface area (Å²) in [6, 6.07) is 15.1. The van der Waals surface area contributed by atoms with Crippen molar-refractivity contribution < 1.29 is 4.79 Å². The molecule has 1 aromatic heterocycles. The fourth-order valence-electron chi connectivity index (χ4n) is 2.58. The number of pyridine rings is 1. The largest absolute Gasteiger partial charge is 0.345 e. The molecule has 0 fully saturated rings. The molecule has 1 atom stereocenters. The van der Waals surface area contributed by atoms with Crippen molar-refractivity contribution in [2.75, 3.05) is 0 Å². The fourth-order valence-corrected chi connectivity index (χ4v) is 2.71. The van der Waals surface area contributed by atoms with Crippen LogP contribution >= 0.6 is 11.6 Å². The Morgan fingerprint density at radius 3 is 2.65 bits per heavy atom. The van der Waals surface area contributed by atoms with Gasteiger partial charge >= 0.3 is 0 Å². The van der Waals surface area contributed by atoms with E-state index in [-0.39, 0.29) is 11.9 Å². The van der Waals surface area contributed by atoms with Crippen LogP contribution in [0.4, 0.5) is 0 Å². The van der Waals surface area contributed by atoms with Gasteiger partial charge in [-0.05, 0) is 47.7 Å². The number of amides is 1. The van der Waals surface area contributed by atoms with Crippen molar-refractivity contribution in [3.8, 4) is 0 Å². The van der Waals surface area contributed by atoms with Gasteiger partial charge in [0.05, 0.1) is 6.04 Å². The van der Waals surface area contributed by atoms with Gasteiger partial charge in [-0.3, -0.25) is 9.78 Å². The first-order valence-electron chi connectivity index (χ1n) is 7.57. The van der Waals surface area contributed by atoms with E-state index in [0.29, 0.717) is 10.6 Å². The lowest BCUT2D eigenvalue weighted by molar-refractivity contribution is 0.0935. The van der Waals surface area contributed by atoms with Crippen LogP contribution in [0.2, 0.25) is 5.02 Å². The molecule has 3 rings (SSSR count). The third-order valence-electron chi connectivity index (χ3n) is 3.89. The SMILES string of the molecule is CCC(NC(=O)c1ccc2cnccc2c1)c1ccc(Cl)cc1. The summed E-state index contributed by atoms with van der Waals surface area (Å²) in [6.07, 6.45) is 4.33. The maximum atomic E-state index is 12.5. The maximum Gasteiger partial charge on any atom is 0.251 e. The predicted octanol–water partition coefficient (Wildman–Crippen LogP) is 4.77. The molecule has 0 radical (unpaired) electrons. The smallest absolute Gasteiger partial charge is 0.251 e. The lowest BCUT2D eigenvalue weighted by atomic mass is 10.0. The third-order valence-corrected chi connectivity index (χ3v) is 4.14. The highest BCUT2D eigenvalue weighted by molar-refractivity contribution is 6.30. The summed E-state index contributed by atoms with van der Waals surface area (Å²) in [5.41, 5.74) is 1.70. The fraction of sp³-hybridized carbons (Fsp3) is 0.158. The van der Waals surface area contributed by atoms with E-state index in [1.165, 1.54) is 0 Å². The van der Waals surface area contributed by atoms with Crippen LogP contribution in [0.3, 0.4) is 0 Å². The molecule has 1 N–H and O–H groups in total. The molecule has 1 amide bonds. The number of nitrogens with one attached hydrogen (secondary N) is 1. The number of aromatic nitrogens is 1. The second-order valence-corrected chi connectivity index (χ2v) is 5.86. The Kier molecular flexibility index (Phi) is 4.58. The summed E-state index contributed by atoms with van der Waals surface area (Å²) in [6.45, 7) is 2.05. The minimum atomic E-state index is -0.0782. The molecule has 3 nitrogen and oxygen atoms in total. The van der Waals surface area contributed by atoms with E-state index < -0.39 is 0 Å². The number of carbonyl (C=O) groups excluding carboxylic acids is 1. The summed E-state index contributed by atoms with van der Waals surface area (Å²) >= 11 is 5.92. The average Bonchev–Trinajstić information content (AvgIpc) is 2.60. The second kappa shape index (κ2) is 6.80. The summed E-state index contributed by atoms with van der Waals surface area (Å²) in [5.74, 6) is -0.0782. The van der Waals surface area contributed by atoms with Crippen molar-refractivity contribution in [3.05, 3.63) is 77.1 Å². The number of fused-ring (bicyclic) bond motifs is 1. The topological polar surface area (TPSA) is 42.0 Å². The minimum Gasteiger partial charge on any atom is -0.345 e. The first kappa shape index (κ1) is 15.5. The third kappa shape index (κ3) is 3.51. The molecule has 0 spiro atoms. The molecule has 3 aromatic rings. The lowest BCUT2D eigenvalue weighted by Gasteiger charge is -2.18. The summed E-state index contributed by atoms with van der Waals surface area (Å²) in [4.78, 5) is 16.6. The highest BCUT2D eigenvalue weighted by Crippen LogP contribution is 2.20. The van der Waals surface area contributed by atoms with Crippen molar-refractivity contribution in [1.82, 2.24) is 10.3 Å². The quantitative estimate of drug-likeness (QED) is 0.751. The molecule has 0 aliphatic rings. The number of nitrogens with zero attached hydrogens (tertiary/aromatic N) is 1. The number of benzene rings is 2. The molecule has 1 unspecified atom stereocenters. The maximum absolute atomic E-state index is 12.5. The van der Waals surface area contributed by atoms with Crippen LogP contribution < -0.4 is 5.32 Å². The average molecular weight is 325 g/mol. The van der Waals surface area contributed by atoms with Gasteiger partial charge in [-0.25, -0.2) is 0 Å². The van der Waals surface area contributed by atoms with Crippen molar-refractivity contribution in [2.45, 2.75) is 19.4 Å². The molecule has 23 heavy (non-hydrogen) atoms. The Bertz CT molecular complexity index is 830. The van der Waals surface area contributed by atoms with Gasteiger partial charge < -0.3 is 5.32 Å². The Morgan fingerprint density at radius 2 is 1.91 bits per heavy atom. The van der Waals surface area contributed by atoms with Gasteiger partial charge in [-0.15, -0.1) is 0 Å². The normalized spacial score (nSPS) is 12.1. The van der Waals surface area contributed by atoms with Crippen LogP contribution in [0.15, 0.2) is 60.9 Å². The number of carbonyl (C=O) groups is 1. The molecule has 0 aliphatic carbocycles. The first-order valence-corrected chi connectivity index (χ1v) is 7.95. The lowest BCUT2D eigenvalue weighted by Crippen LogP contribution is -2.28. The van der Waals surface area contributed by atoms with Crippen molar-refractivity contribution in [2.24, 2.45) is 0 Å². The van der Waals surface area contributed by atoms with Crippen LogP contribution in [0.25, 0.3) is 10.8 Å². The zero-order chi connectivity index (χ0) is 16.2. The molecule has 0 bridgehead atoms. The Morgan fingerprint density at radius 1 is 1.13 bits per heavy atom. The highest BCUT2D eigenvalue weighted by atomic mass is 35.5. The van der Waals surface area contributed by atoms with E-state index in [1.807, 2.05) is 55.5 Å². The summed E-state index contributed by atoms with van der Waals surface area (Å²) < 4.78 is 0. The van der Waals surface area contributed by atoms with Gasteiger partial charge in [0.2, 0.25) is 0 Å². The number of hydrogen-bond acceptors (Lipinski definition) is 2. The van der Waals surface area contributed by atoms with Crippen molar-refractivity contribution in [1.29, 1.82) is 0 Å². The van der Waals surface area contributed by atoms with Crippen LogP contribution in [-0.4, -0.2) is 10.9 Å². The van der Waals surface area contributed by atoms with Gasteiger partial charge in [-0.2, -0.15) is 0 Å². The van der Waals surface area contributed by atoms with Gasteiger partial charge in [0.25, 0.3) is 5.91 Å². The first-order chi connectivity index (χ1) is 11.2. The second-order valence-electron chi connectivity index (χ2n) is 5.42. The van der Waals surface area contributed by atoms with E-state index in [4.69, 9.17) is 11.6 Å². The summed E-state index contributed by atoms with van der Waals surface area (Å²) in [5, 5.41) is 5.81. The van der Waals surface area contributed by atoms with Crippen LogP contribution in [0.5, 0.6) is 0 Å². The molecule has 0 saturated carbocycles. The zero-order valence-corrected chi connectivity index (χ0v) is 13.5. The van der Waals surface area contributed by atoms with Crippen molar-refractivity contribution in [3.63, 3.8) is 0 Å². The van der Waals surface area contributed by atoms with Gasteiger partial charge in [-0.1, -0.05) is 36.7 Å². The molecule has 0 saturated heterocycles. The standard InChI is InChI=1S/C19H17ClN2O/c1-2-18(13-5-7-17(20)8-6-13)22-19(23)15-3-4-16-12-21-10-9-14(16)11-15/h3-12,18H,2H2,1H3,(H,22,23). The zero-order valence-electron chi connectivity index (χ0n) is 12.8. The van der Waals surface area contributed by atoms with E-state index in [0.717, 1.165) is 22.8 Å². The van der Waals surface area contributed by atoms with E-state index >= 15 is 0 Å².